The SMILES string of the molecule is CN=C(NCCc1nc(C(C)C)no1)N1CCN(c2cccc(OC)c2)CC1.I. The molecule has 2 aromatic rings. The first-order valence-electron chi connectivity index (χ1n) is 9.77. The third-order valence-corrected chi connectivity index (χ3v) is 4.83. The van der Waals surface area contributed by atoms with Crippen LogP contribution >= 0.6 is 24.0 Å². The second-order valence-electron chi connectivity index (χ2n) is 7.10. The van der Waals surface area contributed by atoms with Crippen molar-refractivity contribution in [1.82, 2.24) is 20.4 Å². The zero-order valence-corrected chi connectivity index (χ0v) is 19.9. The molecule has 0 unspecified atom stereocenters. The number of aromatic nitrogens is 2. The van der Waals surface area contributed by atoms with Crippen LogP contribution in [0.5, 0.6) is 5.75 Å². The molecular weight excluding hydrogens is 483 g/mol. The second-order valence-corrected chi connectivity index (χ2v) is 7.10. The van der Waals surface area contributed by atoms with Crippen molar-refractivity contribution in [2.24, 2.45) is 4.99 Å². The first-order valence-corrected chi connectivity index (χ1v) is 9.77. The van der Waals surface area contributed by atoms with Crippen molar-refractivity contribution in [2.75, 3.05) is 51.8 Å². The Morgan fingerprint density at radius 1 is 1.28 bits per heavy atom. The lowest BCUT2D eigenvalue weighted by atomic mass is 10.2. The highest BCUT2D eigenvalue weighted by Crippen LogP contribution is 2.22. The molecule has 0 atom stereocenters. The first-order chi connectivity index (χ1) is 13.6. The van der Waals surface area contributed by atoms with Crippen LogP contribution in [0, 0.1) is 0 Å². The molecule has 2 heterocycles. The standard InChI is InChI=1S/C20H30N6O2.HI/c1-15(2)19-23-18(28-24-19)8-9-22-20(21-3)26-12-10-25(11-13-26)16-6-5-7-17(14-16)27-4;/h5-7,14-15H,8-13H2,1-4H3,(H,21,22);1H. The number of rotatable bonds is 6. The number of hydrogen-bond acceptors (Lipinski definition) is 6. The molecule has 8 nitrogen and oxygen atoms in total. The highest BCUT2D eigenvalue weighted by atomic mass is 127. The Bertz CT molecular complexity index is 787. The molecule has 1 saturated heterocycles. The quantitative estimate of drug-likeness (QED) is 0.361. The van der Waals surface area contributed by atoms with E-state index in [0.29, 0.717) is 18.9 Å². The van der Waals surface area contributed by atoms with E-state index in [1.807, 2.05) is 19.2 Å². The summed E-state index contributed by atoms with van der Waals surface area (Å²) in [7, 11) is 3.52. The molecule has 1 aromatic carbocycles. The summed E-state index contributed by atoms with van der Waals surface area (Å²) in [6.45, 7) is 8.52. The third-order valence-electron chi connectivity index (χ3n) is 4.83. The normalized spacial score (nSPS) is 14.7. The summed E-state index contributed by atoms with van der Waals surface area (Å²) in [6.07, 6.45) is 0.683. The molecule has 0 spiro atoms. The second kappa shape index (κ2) is 11.2. The number of nitrogens with one attached hydrogen (secondary N) is 1. The van der Waals surface area contributed by atoms with E-state index in [0.717, 1.165) is 43.7 Å². The molecule has 1 aromatic heterocycles. The van der Waals surface area contributed by atoms with E-state index in [1.54, 1.807) is 7.11 Å². The minimum Gasteiger partial charge on any atom is -0.497 e. The van der Waals surface area contributed by atoms with Gasteiger partial charge in [0.15, 0.2) is 11.8 Å². The van der Waals surface area contributed by atoms with Crippen molar-refractivity contribution in [3.05, 3.63) is 36.0 Å². The van der Waals surface area contributed by atoms with Crippen molar-refractivity contribution < 1.29 is 9.26 Å². The van der Waals surface area contributed by atoms with Crippen LogP contribution in [0.4, 0.5) is 5.69 Å². The number of hydrogen-bond donors (Lipinski definition) is 1. The summed E-state index contributed by atoms with van der Waals surface area (Å²) in [4.78, 5) is 13.5. The molecule has 9 heteroatoms. The fourth-order valence-corrected chi connectivity index (χ4v) is 3.20. The number of aliphatic imine (C=N–C) groups is 1. The van der Waals surface area contributed by atoms with Gasteiger partial charge in [-0.05, 0) is 12.1 Å². The predicted octanol–water partition coefficient (Wildman–Crippen LogP) is 2.76. The van der Waals surface area contributed by atoms with Crippen LogP contribution in [0.1, 0.15) is 31.5 Å². The molecule has 1 aliphatic heterocycles. The summed E-state index contributed by atoms with van der Waals surface area (Å²) < 4.78 is 10.6. The Morgan fingerprint density at radius 3 is 2.66 bits per heavy atom. The summed E-state index contributed by atoms with van der Waals surface area (Å²) in [5.74, 6) is 3.49. The summed E-state index contributed by atoms with van der Waals surface area (Å²) in [5, 5.41) is 7.41. The number of benzene rings is 1. The van der Waals surface area contributed by atoms with Gasteiger partial charge in [0.1, 0.15) is 5.75 Å². The fourth-order valence-electron chi connectivity index (χ4n) is 3.20. The molecule has 160 valence electrons. The molecule has 0 aliphatic carbocycles. The summed E-state index contributed by atoms with van der Waals surface area (Å²) in [5.41, 5.74) is 1.19. The van der Waals surface area contributed by atoms with E-state index in [4.69, 9.17) is 9.26 Å². The number of anilines is 1. The van der Waals surface area contributed by atoms with Crippen LogP contribution in [0.25, 0.3) is 0 Å². The van der Waals surface area contributed by atoms with Crippen LogP contribution < -0.4 is 15.0 Å². The van der Waals surface area contributed by atoms with Gasteiger partial charge in [-0.2, -0.15) is 4.98 Å². The van der Waals surface area contributed by atoms with E-state index in [-0.39, 0.29) is 29.9 Å². The molecule has 0 amide bonds. The van der Waals surface area contributed by atoms with Gasteiger partial charge in [0, 0.05) is 63.9 Å². The number of piperazine rings is 1. The van der Waals surface area contributed by atoms with E-state index in [9.17, 15) is 0 Å². The molecule has 0 radical (unpaired) electrons. The summed E-state index contributed by atoms with van der Waals surface area (Å²) >= 11 is 0. The third kappa shape index (κ3) is 6.22. The van der Waals surface area contributed by atoms with Gasteiger partial charge in [-0.3, -0.25) is 4.99 Å². The minimum absolute atomic E-state index is 0. The number of nitrogens with zero attached hydrogens (tertiary/aromatic N) is 5. The largest absolute Gasteiger partial charge is 0.497 e. The predicted molar refractivity (Wildman–Crippen MR) is 126 cm³/mol. The van der Waals surface area contributed by atoms with Crippen molar-refractivity contribution in [1.29, 1.82) is 0 Å². The van der Waals surface area contributed by atoms with Crippen LogP contribution in [0.15, 0.2) is 33.8 Å². The number of guanidine groups is 1. The van der Waals surface area contributed by atoms with E-state index in [2.05, 4.69) is 56.2 Å². The van der Waals surface area contributed by atoms with Crippen molar-refractivity contribution >= 4 is 35.6 Å². The average Bonchev–Trinajstić information content (AvgIpc) is 3.21. The molecule has 3 rings (SSSR count). The van der Waals surface area contributed by atoms with Gasteiger partial charge in [0.05, 0.1) is 7.11 Å². The van der Waals surface area contributed by atoms with Crippen LogP contribution in [0.2, 0.25) is 0 Å². The molecular formula is C20H31IN6O2. The van der Waals surface area contributed by atoms with Gasteiger partial charge in [-0.1, -0.05) is 25.1 Å². The Labute approximate surface area is 189 Å². The van der Waals surface area contributed by atoms with E-state index < -0.39 is 0 Å². The first kappa shape index (κ1) is 23.2. The zero-order valence-electron chi connectivity index (χ0n) is 17.6. The maximum absolute atomic E-state index is 5.33. The highest BCUT2D eigenvalue weighted by Gasteiger charge is 2.20. The van der Waals surface area contributed by atoms with Gasteiger partial charge < -0.3 is 24.4 Å². The monoisotopic (exact) mass is 514 g/mol. The van der Waals surface area contributed by atoms with Crippen LogP contribution in [-0.4, -0.2) is 67.9 Å². The topological polar surface area (TPSA) is 79.0 Å². The van der Waals surface area contributed by atoms with Gasteiger partial charge in [-0.25, -0.2) is 0 Å². The highest BCUT2D eigenvalue weighted by molar-refractivity contribution is 14.0. The van der Waals surface area contributed by atoms with E-state index >= 15 is 0 Å². The van der Waals surface area contributed by atoms with Gasteiger partial charge in [0.25, 0.3) is 0 Å². The lowest BCUT2D eigenvalue weighted by molar-refractivity contribution is 0.362. The lowest BCUT2D eigenvalue weighted by Gasteiger charge is -2.37. The Morgan fingerprint density at radius 2 is 2.03 bits per heavy atom. The maximum Gasteiger partial charge on any atom is 0.228 e. The van der Waals surface area contributed by atoms with Crippen molar-refractivity contribution in [3.8, 4) is 5.75 Å². The van der Waals surface area contributed by atoms with Crippen molar-refractivity contribution in [3.63, 3.8) is 0 Å². The Hall–Kier alpha value is -2.04. The summed E-state index contributed by atoms with van der Waals surface area (Å²) in [6, 6.07) is 8.21. The zero-order chi connectivity index (χ0) is 19.9. The van der Waals surface area contributed by atoms with Gasteiger partial charge in [-0.15, -0.1) is 24.0 Å². The Kier molecular flexibility index (Phi) is 8.99. The smallest absolute Gasteiger partial charge is 0.228 e. The molecule has 1 fully saturated rings. The van der Waals surface area contributed by atoms with Crippen LogP contribution in [0.3, 0.4) is 0 Å². The maximum atomic E-state index is 5.33. The van der Waals surface area contributed by atoms with Gasteiger partial charge in [0.2, 0.25) is 5.89 Å². The molecule has 0 saturated carbocycles. The van der Waals surface area contributed by atoms with Gasteiger partial charge >= 0.3 is 0 Å². The van der Waals surface area contributed by atoms with Crippen molar-refractivity contribution in [2.45, 2.75) is 26.2 Å². The fraction of sp³-hybridized carbons (Fsp3) is 0.550. The molecule has 0 bridgehead atoms. The molecule has 1 N–H and O–H groups in total. The Balaban J connectivity index is 0.00000300. The van der Waals surface area contributed by atoms with E-state index in [1.165, 1.54) is 5.69 Å². The lowest BCUT2D eigenvalue weighted by Crippen LogP contribution is -2.52. The van der Waals surface area contributed by atoms with Crippen LogP contribution in [-0.2, 0) is 6.42 Å². The average molecular weight is 514 g/mol. The molecule has 29 heavy (non-hydrogen) atoms. The minimum atomic E-state index is 0. The number of ether oxygens (including phenoxy) is 1. The number of halogens is 1. The molecule has 1 aliphatic rings. The number of methoxy groups -OCH3 is 1.